The lowest BCUT2D eigenvalue weighted by Crippen LogP contribution is -2.52. The molecule has 3 aliphatic rings. The molecule has 0 saturated carbocycles. The summed E-state index contributed by atoms with van der Waals surface area (Å²) >= 11 is 15.5. The Labute approximate surface area is 255 Å². The molecule has 41 heavy (non-hydrogen) atoms. The zero-order valence-corrected chi connectivity index (χ0v) is 25.5. The number of hydrogen-bond acceptors (Lipinski definition) is 9. The van der Waals surface area contributed by atoms with Gasteiger partial charge in [-0.2, -0.15) is 5.26 Å². The average molecular weight is 624 g/mol. The van der Waals surface area contributed by atoms with Crippen LogP contribution in [0.1, 0.15) is 43.4 Å². The first-order valence-corrected chi connectivity index (χ1v) is 15.3. The second-order valence-corrected chi connectivity index (χ2v) is 14.0. The Morgan fingerprint density at radius 1 is 1.15 bits per heavy atom. The van der Waals surface area contributed by atoms with E-state index in [1.54, 1.807) is 24.0 Å². The predicted molar refractivity (Wildman–Crippen MR) is 162 cm³/mol. The van der Waals surface area contributed by atoms with Gasteiger partial charge in [-0.1, -0.05) is 84.4 Å². The van der Waals surface area contributed by atoms with Gasteiger partial charge in [0, 0.05) is 39.1 Å². The first kappa shape index (κ1) is 27.8. The molecule has 6 rings (SSSR count). The maximum absolute atomic E-state index is 14.0. The maximum Gasteiger partial charge on any atom is 0.245 e. The highest BCUT2D eigenvalue weighted by molar-refractivity contribution is 8.00. The Hall–Kier alpha value is -3.36. The smallest absolute Gasteiger partial charge is 0.245 e. The van der Waals surface area contributed by atoms with Crippen LogP contribution in [0.25, 0.3) is 0 Å². The monoisotopic (exact) mass is 622 g/mol. The molecule has 1 spiro atoms. The largest absolute Gasteiger partial charge is 0.384 e. The third-order valence-corrected chi connectivity index (χ3v) is 10.6. The quantitative estimate of drug-likeness (QED) is 0.316. The Kier molecular flexibility index (Phi) is 6.70. The second-order valence-electron chi connectivity index (χ2n) is 11.0. The van der Waals surface area contributed by atoms with Crippen LogP contribution in [0, 0.1) is 23.7 Å². The number of hydrogen-bond donors (Lipinski definition) is 2. The summed E-state index contributed by atoms with van der Waals surface area (Å²) in [6.45, 7) is 5.78. The molecule has 0 saturated heterocycles. The summed E-state index contributed by atoms with van der Waals surface area (Å²) in [6, 6.07) is 13.2. The number of carbonyl (C=O) groups excluding carboxylic acids is 2. The van der Waals surface area contributed by atoms with Crippen molar-refractivity contribution in [2.24, 2.45) is 11.1 Å². The number of nitrogens with one attached hydrogen (secondary N) is 1. The van der Waals surface area contributed by atoms with Gasteiger partial charge in [-0.3, -0.25) is 14.5 Å². The highest BCUT2D eigenvalue weighted by Gasteiger charge is 2.61. The molecule has 1 atom stereocenters. The Bertz CT molecular complexity index is 1770. The van der Waals surface area contributed by atoms with Crippen LogP contribution >= 0.6 is 46.3 Å². The van der Waals surface area contributed by atoms with Crippen molar-refractivity contribution in [1.29, 1.82) is 5.26 Å². The molecule has 0 radical (unpaired) electrons. The number of ketones is 1. The minimum Gasteiger partial charge on any atom is -0.384 e. The highest BCUT2D eigenvalue weighted by atomic mass is 35.5. The molecule has 1 aliphatic carbocycles. The highest BCUT2D eigenvalue weighted by Crippen LogP contribution is 2.58. The molecule has 2 aromatic carbocycles. The minimum atomic E-state index is -1.69. The van der Waals surface area contributed by atoms with E-state index < -0.39 is 16.7 Å². The summed E-state index contributed by atoms with van der Waals surface area (Å²) in [6.07, 6.45) is 0.649. The molecule has 1 aromatic heterocycles. The second kappa shape index (κ2) is 9.88. The average Bonchev–Trinajstić information content (AvgIpc) is 3.48. The molecule has 8 nitrogen and oxygen atoms in total. The van der Waals surface area contributed by atoms with E-state index in [0.717, 1.165) is 5.56 Å². The number of benzene rings is 2. The van der Waals surface area contributed by atoms with Gasteiger partial charge in [0.15, 0.2) is 10.1 Å². The van der Waals surface area contributed by atoms with E-state index in [-0.39, 0.29) is 29.2 Å². The molecule has 3 heterocycles. The van der Waals surface area contributed by atoms with Gasteiger partial charge in [-0.05, 0) is 42.0 Å². The van der Waals surface area contributed by atoms with Crippen LogP contribution < -0.4 is 16.0 Å². The zero-order valence-electron chi connectivity index (χ0n) is 22.3. The summed E-state index contributed by atoms with van der Waals surface area (Å²) in [5.74, 6) is -0.0725. The summed E-state index contributed by atoms with van der Waals surface area (Å²) in [5, 5.41) is 23.8. The van der Waals surface area contributed by atoms with Crippen LogP contribution in [0.3, 0.4) is 0 Å². The van der Waals surface area contributed by atoms with Crippen molar-refractivity contribution in [3.63, 3.8) is 0 Å². The van der Waals surface area contributed by atoms with Gasteiger partial charge in [0.25, 0.3) is 0 Å². The standard InChI is InChI=1S/C29H24Cl2N6O2S2/c1-14-18(30)9-8-16-23(14)34-25(39)29(16)17(12-32)24(33)37(20-10-28(2,3)11-21(38)22(20)29)26-35-36-27(41-26)40-13-15-6-4-5-7-19(15)31/h4-9H,10-11,13,33H2,1-3H3,(H,34,39). The fourth-order valence-electron chi connectivity index (χ4n) is 5.93. The zero-order chi connectivity index (χ0) is 29.3. The van der Waals surface area contributed by atoms with Crippen molar-refractivity contribution in [2.75, 3.05) is 10.2 Å². The number of thioether (sulfide) groups is 1. The van der Waals surface area contributed by atoms with Gasteiger partial charge in [0.1, 0.15) is 17.3 Å². The fourth-order valence-corrected chi connectivity index (χ4v) is 8.25. The first-order valence-electron chi connectivity index (χ1n) is 12.8. The molecular formula is C29H24Cl2N6O2S2. The van der Waals surface area contributed by atoms with Crippen LogP contribution in [-0.4, -0.2) is 21.9 Å². The molecule has 3 aromatic rings. The predicted octanol–water partition coefficient (Wildman–Crippen LogP) is 6.49. The number of allylic oxidation sites excluding steroid dienone is 1. The maximum atomic E-state index is 14.0. The van der Waals surface area contributed by atoms with Crippen molar-refractivity contribution in [1.82, 2.24) is 10.2 Å². The van der Waals surface area contributed by atoms with Crippen molar-refractivity contribution in [3.05, 3.63) is 85.8 Å². The third kappa shape index (κ3) is 4.17. The number of nitrogens with zero attached hydrogens (tertiary/aromatic N) is 4. The first-order chi connectivity index (χ1) is 19.5. The number of rotatable bonds is 4. The molecule has 12 heteroatoms. The summed E-state index contributed by atoms with van der Waals surface area (Å²) in [7, 11) is 0. The number of Topliss-reactive ketones (excluding diaryl/α,β-unsaturated/α-hetero) is 1. The van der Waals surface area contributed by atoms with Gasteiger partial charge in [0.05, 0.1) is 11.3 Å². The van der Waals surface area contributed by atoms with Crippen molar-refractivity contribution in [3.8, 4) is 6.07 Å². The van der Waals surface area contributed by atoms with E-state index in [9.17, 15) is 14.9 Å². The number of aromatic nitrogens is 2. The van der Waals surface area contributed by atoms with E-state index in [1.807, 2.05) is 38.1 Å². The number of nitrogens with two attached hydrogens (primary N) is 1. The fraction of sp³-hybridized carbons (Fsp3) is 0.276. The molecule has 3 N–H and O–H groups in total. The molecule has 1 amide bonds. The van der Waals surface area contributed by atoms with E-state index >= 15 is 0 Å². The number of anilines is 2. The number of carbonyl (C=O) groups is 2. The van der Waals surface area contributed by atoms with Gasteiger partial charge < -0.3 is 11.1 Å². The van der Waals surface area contributed by atoms with E-state index in [4.69, 9.17) is 28.9 Å². The number of fused-ring (bicyclic) bond motifs is 3. The summed E-state index contributed by atoms with van der Waals surface area (Å²) in [4.78, 5) is 29.7. The number of nitriles is 1. The molecule has 0 bridgehead atoms. The molecule has 208 valence electrons. The lowest BCUT2D eigenvalue weighted by molar-refractivity contribution is -0.123. The van der Waals surface area contributed by atoms with Crippen molar-refractivity contribution in [2.45, 2.75) is 49.1 Å². The number of amides is 1. The van der Waals surface area contributed by atoms with Crippen LogP contribution in [0.5, 0.6) is 0 Å². The Balaban J connectivity index is 1.52. The molecule has 0 fully saturated rings. The van der Waals surface area contributed by atoms with Crippen LogP contribution in [0.2, 0.25) is 10.0 Å². The summed E-state index contributed by atoms with van der Waals surface area (Å²) in [5.41, 5.74) is 8.08. The molecule has 1 unspecified atom stereocenters. The lowest BCUT2D eigenvalue weighted by atomic mass is 9.61. The molecule has 2 aliphatic heterocycles. The topological polar surface area (TPSA) is 125 Å². The van der Waals surface area contributed by atoms with Crippen molar-refractivity contribution < 1.29 is 9.59 Å². The van der Waals surface area contributed by atoms with Gasteiger partial charge in [-0.25, -0.2) is 0 Å². The van der Waals surface area contributed by atoms with Gasteiger partial charge >= 0.3 is 0 Å². The SMILES string of the molecule is Cc1c(Cl)ccc2c1NC(=O)C21C(C#N)=C(N)N(c2nnc(SCc3ccccc3Cl)s2)C2=C1C(=O)CC(C)(C)C2. The van der Waals surface area contributed by atoms with Crippen LogP contribution in [0.4, 0.5) is 10.8 Å². The Morgan fingerprint density at radius 2 is 1.90 bits per heavy atom. The van der Waals surface area contributed by atoms with Crippen LogP contribution in [-0.2, 0) is 20.8 Å². The minimum absolute atomic E-state index is 0.0252. The van der Waals surface area contributed by atoms with E-state index in [0.29, 0.717) is 54.2 Å². The third-order valence-electron chi connectivity index (χ3n) is 7.76. The van der Waals surface area contributed by atoms with Crippen LogP contribution in [0.15, 0.2) is 63.4 Å². The molecular weight excluding hydrogens is 599 g/mol. The van der Waals surface area contributed by atoms with Gasteiger partial charge in [-0.15, -0.1) is 10.2 Å². The van der Waals surface area contributed by atoms with Gasteiger partial charge in [0.2, 0.25) is 11.0 Å². The van der Waals surface area contributed by atoms with E-state index in [1.165, 1.54) is 23.1 Å². The summed E-state index contributed by atoms with van der Waals surface area (Å²) < 4.78 is 0.671. The lowest BCUT2D eigenvalue weighted by Gasteiger charge is -2.45. The number of halogens is 2. The van der Waals surface area contributed by atoms with E-state index in [2.05, 4.69) is 21.6 Å². The van der Waals surface area contributed by atoms with Crippen molar-refractivity contribution >= 4 is 68.8 Å². The Morgan fingerprint density at radius 3 is 2.63 bits per heavy atom. The normalized spacial score (nSPS) is 21.2.